The van der Waals surface area contributed by atoms with Crippen LogP contribution in [-0.4, -0.2) is 54.8 Å². The molecule has 7 heteroatoms. The van der Waals surface area contributed by atoms with Gasteiger partial charge in [0.2, 0.25) is 11.8 Å². The number of nitrogens with one attached hydrogen (secondary N) is 1. The van der Waals surface area contributed by atoms with Crippen molar-refractivity contribution in [1.29, 1.82) is 0 Å². The Labute approximate surface area is 152 Å². The van der Waals surface area contributed by atoms with Gasteiger partial charge in [0.15, 0.2) is 0 Å². The fourth-order valence-electron chi connectivity index (χ4n) is 2.94. The number of likely N-dealkylation sites (tertiary alicyclic amines) is 1. The average Bonchev–Trinajstić information content (AvgIpc) is 2.52. The molecule has 1 aliphatic heterocycles. The lowest BCUT2D eigenvalue weighted by molar-refractivity contribution is -0.134. The van der Waals surface area contributed by atoms with Gasteiger partial charge in [0.1, 0.15) is 0 Å². The Morgan fingerprint density at radius 3 is 2.21 bits per heavy atom. The standard InChI is InChI=1S/C17H23Cl2N3O2/c1-11(16(23)20-15-9-13(18)8-14(19)10-15)22-6-4-12(5-7-22)17(24)21(2)3/h8-12H,4-7H2,1-3H3,(H,20,23)/t11-/m0/s1. The lowest BCUT2D eigenvalue weighted by Crippen LogP contribution is -2.48. The third kappa shape index (κ3) is 4.85. The van der Waals surface area contributed by atoms with Crippen LogP contribution in [0.1, 0.15) is 19.8 Å². The molecule has 0 aliphatic carbocycles. The van der Waals surface area contributed by atoms with E-state index in [0.29, 0.717) is 15.7 Å². The predicted octanol–water partition coefficient (Wildman–Crippen LogP) is 3.12. The number of rotatable bonds is 4. The van der Waals surface area contributed by atoms with Crippen molar-refractivity contribution >= 4 is 40.7 Å². The van der Waals surface area contributed by atoms with E-state index in [-0.39, 0.29) is 23.8 Å². The fourth-order valence-corrected chi connectivity index (χ4v) is 3.46. The summed E-state index contributed by atoms with van der Waals surface area (Å²) in [6, 6.07) is 4.67. The van der Waals surface area contributed by atoms with Gasteiger partial charge < -0.3 is 10.2 Å². The molecule has 2 rings (SSSR count). The molecule has 1 aliphatic rings. The Morgan fingerprint density at radius 2 is 1.71 bits per heavy atom. The van der Waals surface area contributed by atoms with Crippen LogP contribution in [0, 0.1) is 5.92 Å². The predicted molar refractivity (Wildman–Crippen MR) is 97.5 cm³/mol. The lowest BCUT2D eigenvalue weighted by Gasteiger charge is -2.35. The molecule has 1 atom stereocenters. The minimum atomic E-state index is -0.279. The summed E-state index contributed by atoms with van der Waals surface area (Å²) in [5, 5.41) is 3.81. The minimum Gasteiger partial charge on any atom is -0.349 e. The topological polar surface area (TPSA) is 52.7 Å². The molecule has 1 saturated heterocycles. The summed E-state index contributed by atoms with van der Waals surface area (Å²) in [5.74, 6) is 0.115. The van der Waals surface area contributed by atoms with Gasteiger partial charge in [0.25, 0.3) is 0 Å². The summed E-state index contributed by atoms with van der Waals surface area (Å²) in [6.07, 6.45) is 1.55. The molecule has 0 saturated carbocycles. The number of halogens is 2. The van der Waals surface area contributed by atoms with Crippen molar-refractivity contribution in [3.05, 3.63) is 28.2 Å². The second-order valence-electron chi connectivity index (χ2n) is 6.37. The Hall–Kier alpha value is -1.30. The van der Waals surface area contributed by atoms with Gasteiger partial charge in [-0.1, -0.05) is 23.2 Å². The van der Waals surface area contributed by atoms with Crippen molar-refractivity contribution in [3.63, 3.8) is 0 Å². The number of nitrogens with zero attached hydrogens (tertiary/aromatic N) is 2. The van der Waals surface area contributed by atoms with Gasteiger partial charge in [-0.15, -0.1) is 0 Å². The Bertz CT molecular complexity index is 594. The van der Waals surface area contributed by atoms with Gasteiger partial charge in [-0.25, -0.2) is 0 Å². The number of carbonyl (C=O) groups is 2. The van der Waals surface area contributed by atoms with Crippen LogP contribution in [0.5, 0.6) is 0 Å². The average molecular weight is 372 g/mol. The maximum Gasteiger partial charge on any atom is 0.241 e. The number of amides is 2. The van der Waals surface area contributed by atoms with Crippen LogP contribution < -0.4 is 5.32 Å². The second-order valence-corrected chi connectivity index (χ2v) is 7.24. The maximum absolute atomic E-state index is 12.4. The highest BCUT2D eigenvalue weighted by molar-refractivity contribution is 6.35. The smallest absolute Gasteiger partial charge is 0.241 e. The van der Waals surface area contributed by atoms with Gasteiger partial charge in [-0.3, -0.25) is 14.5 Å². The van der Waals surface area contributed by atoms with Crippen LogP contribution >= 0.6 is 23.2 Å². The molecule has 0 spiro atoms. The second kappa shape index (κ2) is 8.19. The van der Waals surface area contributed by atoms with E-state index in [0.717, 1.165) is 25.9 Å². The van der Waals surface area contributed by atoms with Crippen molar-refractivity contribution in [3.8, 4) is 0 Å². The number of anilines is 1. The Morgan fingerprint density at radius 1 is 1.17 bits per heavy atom. The zero-order chi connectivity index (χ0) is 17.9. The van der Waals surface area contributed by atoms with E-state index in [9.17, 15) is 9.59 Å². The molecule has 0 aromatic heterocycles. The van der Waals surface area contributed by atoms with E-state index in [1.165, 1.54) is 0 Å². The zero-order valence-corrected chi connectivity index (χ0v) is 15.7. The summed E-state index contributed by atoms with van der Waals surface area (Å²) < 4.78 is 0. The van der Waals surface area contributed by atoms with Crippen LogP contribution in [0.2, 0.25) is 10.0 Å². The van der Waals surface area contributed by atoms with E-state index >= 15 is 0 Å². The molecule has 24 heavy (non-hydrogen) atoms. The quantitative estimate of drug-likeness (QED) is 0.884. The van der Waals surface area contributed by atoms with E-state index in [1.54, 1.807) is 37.2 Å². The first-order valence-corrected chi connectivity index (χ1v) is 8.75. The van der Waals surface area contributed by atoms with E-state index < -0.39 is 0 Å². The summed E-state index contributed by atoms with van der Waals surface area (Å²) in [6.45, 7) is 3.33. The third-order valence-electron chi connectivity index (χ3n) is 4.38. The number of carbonyl (C=O) groups excluding carboxylic acids is 2. The monoisotopic (exact) mass is 371 g/mol. The number of benzene rings is 1. The van der Waals surface area contributed by atoms with Gasteiger partial charge >= 0.3 is 0 Å². The number of piperidine rings is 1. The molecule has 1 aromatic carbocycles. The van der Waals surface area contributed by atoms with Crippen molar-refractivity contribution in [2.75, 3.05) is 32.5 Å². The summed E-state index contributed by atoms with van der Waals surface area (Å²) in [7, 11) is 3.56. The van der Waals surface area contributed by atoms with Crippen LogP contribution in [0.15, 0.2) is 18.2 Å². The van der Waals surface area contributed by atoms with Crippen molar-refractivity contribution in [2.45, 2.75) is 25.8 Å². The van der Waals surface area contributed by atoms with E-state index in [1.807, 2.05) is 6.92 Å². The SMILES string of the molecule is C[C@@H](C(=O)Nc1cc(Cl)cc(Cl)c1)N1CCC(C(=O)N(C)C)CC1. The molecular weight excluding hydrogens is 349 g/mol. The minimum absolute atomic E-state index is 0.0539. The van der Waals surface area contributed by atoms with Crippen LogP contribution in [-0.2, 0) is 9.59 Å². The molecule has 1 N–H and O–H groups in total. The normalized spacial score (nSPS) is 17.4. The molecule has 0 radical (unpaired) electrons. The molecule has 0 bridgehead atoms. The Kier molecular flexibility index (Phi) is 6.49. The van der Waals surface area contributed by atoms with Gasteiger partial charge in [-0.05, 0) is 51.1 Å². The fraction of sp³-hybridized carbons (Fsp3) is 0.529. The number of hydrogen-bond acceptors (Lipinski definition) is 3. The molecule has 1 aromatic rings. The molecule has 1 heterocycles. The molecule has 0 unspecified atom stereocenters. The summed E-state index contributed by atoms with van der Waals surface area (Å²) in [4.78, 5) is 28.2. The van der Waals surface area contributed by atoms with Gasteiger partial charge in [-0.2, -0.15) is 0 Å². The van der Waals surface area contributed by atoms with Crippen LogP contribution in [0.25, 0.3) is 0 Å². The first-order valence-electron chi connectivity index (χ1n) is 8.00. The van der Waals surface area contributed by atoms with Crippen LogP contribution in [0.3, 0.4) is 0 Å². The largest absolute Gasteiger partial charge is 0.349 e. The highest BCUT2D eigenvalue weighted by Gasteiger charge is 2.30. The van der Waals surface area contributed by atoms with E-state index in [4.69, 9.17) is 23.2 Å². The van der Waals surface area contributed by atoms with Crippen molar-refractivity contribution < 1.29 is 9.59 Å². The van der Waals surface area contributed by atoms with Gasteiger partial charge in [0.05, 0.1) is 6.04 Å². The summed E-state index contributed by atoms with van der Waals surface area (Å²) in [5.41, 5.74) is 0.585. The molecule has 1 fully saturated rings. The Balaban J connectivity index is 1.91. The highest BCUT2D eigenvalue weighted by atomic mass is 35.5. The lowest BCUT2D eigenvalue weighted by atomic mass is 9.94. The van der Waals surface area contributed by atoms with E-state index in [2.05, 4.69) is 10.2 Å². The van der Waals surface area contributed by atoms with Crippen LogP contribution in [0.4, 0.5) is 5.69 Å². The summed E-state index contributed by atoms with van der Waals surface area (Å²) >= 11 is 11.9. The third-order valence-corrected chi connectivity index (χ3v) is 4.81. The first-order chi connectivity index (χ1) is 11.3. The van der Waals surface area contributed by atoms with Crippen molar-refractivity contribution in [2.24, 2.45) is 5.92 Å². The number of hydrogen-bond donors (Lipinski definition) is 1. The first kappa shape index (κ1) is 19.0. The maximum atomic E-state index is 12.4. The molecule has 5 nitrogen and oxygen atoms in total. The molecular formula is C17H23Cl2N3O2. The highest BCUT2D eigenvalue weighted by Crippen LogP contribution is 2.24. The zero-order valence-electron chi connectivity index (χ0n) is 14.2. The van der Waals surface area contributed by atoms with Crippen molar-refractivity contribution in [1.82, 2.24) is 9.80 Å². The molecule has 132 valence electrons. The molecule has 2 amide bonds. The van der Waals surface area contributed by atoms with Gasteiger partial charge in [0, 0.05) is 35.7 Å².